The lowest BCUT2D eigenvalue weighted by molar-refractivity contribution is -0.159. The molecule has 1 unspecified atom stereocenters. The molecule has 99 heavy (non-hydrogen) atoms. The second-order valence-corrected chi connectivity index (χ2v) is 27.9. The van der Waals surface area contributed by atoms with Crippen molar-refractivity contribution in [1.29, 1.82) is 0 Å². The fourth-order valence-corrected chi connectivity index (χ4v) is 12.4. The standard InChI is InChI=1S/C72H111N11O16/c1-17-46(8)62(54(96-15)41-58(87)82-39-25-29-53(82)63(97-16)47(9)64(88)77-52(69(93)99-72(10,11)12)40-48-26-20-18-21-27-48)80(13)68(92)60(44(4)5)79-67(91)61(45(6)7)81(14)71(95)98-42-49-31-33-50(34-32-49)75-65(89)51(28-24-37-74-70(73)94)76-66(90)59(43(2)3)78-55(84)30-22-19-23-38-83-56(85)35-36-57(83)86/h18,20-21,26-27,31-36,43-47,51-54,59-63H,17,19,22-25,28-30,37-42H2,1-16H3,(H,75,89)(H,76,90)(H,77,88)(H,78,84)(H,79,91)(H3,73,74,94)/t46-,47+,51-,52-,53-,54+,59?,60-,61-,62-,63+/m0/s1. The molecule has 0 aromatic heterocycles. The molecule has 2 heterocycles. The van der Waals surface area contributed by atoms with Crippen LogP contribution in [0.2, 0.25) is 0 Å². The average Bonchev–Trinajstić information content (AvgIpc) is 1.75. The number of methoxy groups -OCH3 is 2. The maximum atomic E-state index is 14.9. The lowest BCUT2D eigenvalue weighted by Crippen LogP contribution is -2.60. The number of esters is 1. The van der Waals surface area contributed by atoms with E-state index in [-0.39, 0.29) is 81.4 Å². The molecule has 0 bridgehead atoms. The van der Waals surface area contributed by atoms with Crippen molar-refractivity contribution in [3.05, 3.63) is 77.9 Å². The van der Waals surface area contributed by atoms with E-state index in [0.29, 0.717) is 56.3 Å². The number of primary amides is 1. The van der Waals surface area contributed by atoms with Crippen molar-refractivity contribution in [3.63, 3.8) is 0 Å². The number of rotatable bonds is 39. The smallest absolute Gasteiger partial charge is 0.410 e. The van der Waals surface area contributed by atoms with Gasteiger partial charge in [0.25, 0.3) is 11.8 Å². The third kappa shape index (κ3) is 25.7. The minimum absolute atomic E-state index is 0.0800. The highest BCUT2D eigenvalue weighted by Gasteiger charge is 2.44. The van der Waals surface area contributed by atoms with Crippen LogP contribution in [0, 0.1) is 29.6 Å². The fourth-order valence-electron chi connectivity index (χ4n) is 12.4. The van der Waals surface area contributed by atoms with E-state index >= 15 is 0 Å². The van der Waals surface area contributed by atoms with E-state index < -0.39 is 131 Å². The number of likely N-dealkylation sites (N-methyl/N-ethyl adjacent to an activating group) is 2. The van der Waals surface area contributed by atoms with E-state index in [2.05, 4.69) is 31.9 Å². The number of hydrogen-bond donors (Lipinski definition) is 7. The van der Waals surface area contributed by atoms with E-state index in [0.717, 1.165) is 10.5 Å². The number of amides is 12. The number of imide groups is 1. The molecule has 2 aromatic carbocycles. The number of carbonyl (C=O) groups excluding carboxylic acids is 12. The van der Waals surface area contributed by atoms with E-state index in [9.17, 15) is 57.5 Å². The summed E-state index contributed by atoms with van der Waals surface area (Å²) in [5, 5.41) is 16.6. The number of nitrogens with two attached hydrogens (primary N) is 1. The topological polar surface area (TPSA) is 353 Å². The van der Waals surface area contributed by atoms with Crippen LogP contribution in [0.3, 0.4) is 0 Å². The molecule has 0 saturated carbocycles. The molecule has 27 heteroatoms. The molecule has 12 amide bonds. The molecule has 2 aliphatic heterocycles. The van der Waals surface area contributed by atoms with E-state index in [4.69, 9.17) is 24.7 Å². The first kappa shape index (κ1) is 83.0. The normalized spacial score (nSPS) is 16.9. The molecule has 8 N–H and O–H groups in total. The summed E-state index contributed by atoms with van der Waals surface area (Å²) in [5.41, 5.74) is 6.13. The number of urea groups is 1. The quantitative estimate of drug-likeness (QED) is 0.0232. The number of carbonyl (C=O) groups is 12. The van der Waals surface area contributed by atoms with Gasteiger partial charge in [0, 0.05) is 78.6 Å². The number of unbranched alkanes of at least 4 members (excludes halogenated alkanes) is 2. The molecule has 2 aromatic rings. The van der Waals surface area contributed by atoms with Crippen molar-refractivity contribution < 1.29 is 76.5 Å². The highest BCUT2D eigenvalue weighted by atomic mass is 16.6. The van der Waals surface area contributed by atoms with Gasteiger partial charge in [0.1, 0.15) is 42.4 Å². The molecule has 550 valence electrons. The van der Waals surface area contributed by atoms with Gasteiger partial charge >= 0.3 is 18.1 Å². The predicted octanol–water partition coefficient (Wildman–Crippen LogP) is 5.91. The summed E-state index contributed by atoms with van der Waals surface area (Å²) in [6.07, 6.45) is 3.81. The first-order valence-corrected chi connectivity index (χ1v) is 34.6. The maximum Gasteiger partial charge on any atom is 0.410 e. The molecular formula is C72H111N11O16. The first-order chi connectivity index (χ1) is 46.6. The Kier molecular flexibility index (Phi) is 33.5. The van der Waals surface area contributed by atoms with Crippen LogP contribution in [0.4, 0.5) is 15.3 Å². The van der Waals surface area contributed by atoms with Crippen LogP contribution in [-0.2, 0) is 79.9 Å². The summed E-state index contributed by atoms with van der Waals surface area (Å²) in [6.45, 7) is 22.0. The third-order valence-electron chi connectivity index (χ3n) is 18.0. The number of ether oxygens (including phenoxy) is 4. The van der Waals surface area contributed by atoms with Gasteiger partial charge in [0.05, 0.1) is 36.6 Å². The summed E-state index contributed by atoms with van der Waals surface area (Å²) >= 11 is 0. The zero-order valence-corrected chi connectivity index (χ0v) is 60.9. The lowest BCUT2D eigenvalue weighted by Gasteiger charge is -2.41. The Bertz CT molecular complexity index is 3070. The molecule has 2 aliphatic rings. The summed E-state index contributed by atoms with van der Waals surface area (Å²) < 4.78 is 23.6. The molecule has 0 spiro atoms. The Balaban J connectivity index is 1.39. The summed E-state index contributed by atoms with van der Waals surface area (Å²) in [5.74, 6) is -6.94. The molecule has 1 saturated heterocycles. The van der Waals surface area contributed by atoms with Crippen LogP contribution in [0.1, 0.15) is 158 Å². The maximum absolute atomic E-state index is 14.9. The molecule has 1 fully saturated rings. The Hall–Kier alpha value is -8.46. The van der Waals surface area contributed by atoms with Crippen molar-refractivity contribution >= 4 is 76.9 Å². The van der Waals surface area contributed by atoms with Crippen molar-refractivity contribution in [2.45, 2.75) is 220 Å². The summed E-state index contributed by atoms with van der Waals surface area (Å²) in [7, 11) is 6.04. The Morgan fingerprint density at radius 2 is 1.31 bits per heavy atom. The van der Waals surface area contributed by atoms with Crippen molar-refractivity contribution in [1.82, 2.24) is 46.2 Å². The van der Waals surface area contributed by atoms with Crippen LogP contribution >= 0.6 is 0 Å². The number of nitrogens with zero attached hydrogens (tertiary/aromatic N) is 4. The van der Waals surface area contributed by atoms with Crippen molar-refractivity contribution in [2.75, 3.05) is 53.3 Å². The molecule has 0 aliphatic carbocycles. The van der Waals surface area contributed by atoms with Gasteiger partial charge in [-0.05, 0) is 106 Å². The third-order valence-corrected chi connectivity index (χ3v) is 18.0. The minimum atomic E-state index is -1.12. The zero-order valence-electron chi connectivity index (χ0n) is 60.9. The van der Waals surface area contributed by atoms with Crippen molar-refractivity contribution in [3.8, 4) is 0 Å². The lowest BCUT2D eigenvalue weighted by atomic mass is 9.89. The number of hydrogen-bond acceptors (Lipinski definition) is 16. The van der Waals surface area contributed by atoms with Crippen LogP contribution in [-0.4, -0.2) is 199 Å². The van der Waals surface area contributed by atoms with Gasteiger partial charge < -0.3 is 66.4 Å². The van der Waals surface area contributed by atoms with Gasteiger partial charge in [-0.1, -0.05) is 118 Å². The fraction of sp³-hybridized carbons (Fsp3) is 0.639. The summed E-state index contributed by atoms with van der Waals surface area (Å²) in [6, 6.07) is 8.46. The number of anilines is 1. The van der Waals surface area contributed by atoms with Crippen LogP contribution in [0.25, 0.3) is 0 Å². The first-order valence-electron chi connectivity index (χ1n) is 34.6. The minimum Gasteiger partial charge on any atom is -0.458 e. The monoisotopic (exact) mass is 1390 g/mol. The SMILES string of the molecule is CC[C@H](C)[C@@H]([C@@H](CC(=O)N1CCC[C@H]1[C@H](OC)[C@@H](C)C(=O)N[C@@H](Cc1ccccc1)C(=O)OC(C)(C)C)OC)N(C)C(=O)[C@@H](NC(=O)[C@H](C(C)C)N(C)C(=O)OCc1ccc(NC(=O)[C@H](CCCNC(N)=O)NC(=O)C(NC(=O)CCCCCN2C(=O)C=CC2=O)C(C)C)cc1)C(C)C. The largest absolute Gasteiger partial charge is 0.458 e. The molecular weight excluding hydrogens is 1270 g/mol. The average molecular weight is 1390 g/mol. The Labute approximate surface area is 584 Å². The van der Waals surface area contributed by atoms with E-state index in [1.807, 2.05) is 44.2 Å². The van der Waals surface area contributed by atoms with Crippen LogP contribution < -0.4 is 37.6 Å². The van der Waals surface area contributed by atoms with Gasteiger partial charge in [-0.15, -0.1) is 0 Å². The summed E-state index contributed by atoms with van der Waals surface area (Å²) in [4.78, 5) is 167. The van der Waals surface area contributed by atoms with E-state index in [1.54, 1.807) is 105 Å². The van der Waals surface area contributed by atoms with Crippen LogP contribution in [0.5, 0.6) is 0 Å². The second kappa shape index (κ2) is 40.0. The second-order valence-electron chi connectivity index (χ2n) is 27.9. The Morgan fingerprint density at radius 1 is 0.687 bits per heavy atom. The van der Waals surface area contributed by atoms with Gasteiger partial charge in [0.2, 0.25) is 41.4 Å². The molecule has 4 rings (SSSR count). The zero-order chi connectivity index (χ0) is 74.0. The van der Waals surface area contributed by atoms with Gasteiger partial charge in [0.15, 0.2) is 0 Å². The number of nitrogens with one attached hydrogen (secondary N) is 6. The van der Waals surface area contributed by atoms with Gasteiger partial charge in [-0.2, -0.15) is 0 Å². The van der Waals surface area contributed by atoms with E-state index in [1.165, 1.54) is 43.2 Å². The van der Waals surface area contributed by atoms with Gasteiger partial charge in [-0.3, -0.25) is 53.0 Å². The molecule has 27 nitrogen and oxygen atoms in total. The number of likely N-dealkylation sites (tertiary alicyclic amines) is 1. The van der Waals surface area contributed by atoms with Gasteiger partial charge in [-0.25, -0.2) is 14.4 Å². The highest BCUT2D eigenvalue weighted by Crippen LogP contribution is 2.31. The molecule has 0 radical (unpaired) electrons. The highest BCUT2D eigenvalue weighted by molar-refractivity contribution is 6.12. The van der Waals surface area contributed by atoms with Crippen molar-refractivity contribution in [2.24, 2.45) is 35.3 Å². The Morgan fingerprint density at radius 3 is 1.88 bits per heavy atom. The molecule has 11 atom stereocenters. The number of benzene rings is 2. The predicted molar refractivity (Wildman–Crippen MR) is 372 cm³/mol. The van der Waals surface area contributed by atoms with Crippen LogP contribution in [0.15, 0.2) is 66.7 Å².